The quantitative estimate of drug-likeness (QED) is 0.612. The van der Waals surface area contributed by atoms with E-state index in [2.05, 4.69) is 5.32 Å². The largest absolute Gasteiger partial charge is 0.455 e. The molecule has 0 heterocycles. The van der Waals surface area contributed by atoms with Gasteiger partial charge in [0.1, 0.15) is 4.90 Å². The number of rotatable bonds is 7. The molecule has 0 spiro atoms. The maximum atomic E-state index is 12.3. The lowest BCUT2D eigenvalue weighted by Crippen LogP contribution is -2.24. The number of sulfonamides is 1. The van der Waals surface area contributed by atoms with Crippen molar-refractivity contribution in [1.29, 1.82) is 0 Å². The fourth-order valence-electron chi connectivity index (χ4n) is 2.22. The van der Waals surface area contributed by atoms with Crippen LogP contribution in [0.1, 0.15) is 5.56 Å². The highest BCUT2D eigenvalue weighted by Crippen LogP contribution is 2.27. The van der Waals surface area contributed by atoms with Gasteiger partial charge in [-0.15, -0.1) is 0 Å². The van der Waals surface area contributed by atoms with Crippen molar-refractivity contribution >= 4 is 62.4 Å². The van der Waals surface area contributed by atoms with E-state index in [0.29, 0.717) is 15.6 Å². The zero-order valence-corrected chi connectivity index (χ0v) is 18.5. The monoisotopic (exact) mass is 478 g/mol. The number of anilines is 1. The van der Waals surface area contributed by atoms with Crippen LogP contribution in [0.5, 0.6) is 0 Å². The van der Waals surface area contributed by atoms with Crippen LogP contribution in [0.2, 0.25) is 15.1 Å². The van der Waals surface area contributed by atoms with Gasteiger partial charge < -0.3 is 10.1 Å². The standard InChI is InChI=1S/C18H17Cl3N2O5S/c1-23(2)29(26,27)16-8-11(6-7-15(16)21)22-17(24)10-28-18(25)9-12-13(19)4-3-5-14(12)20/h3-8H,9-10H2,1-2H3,(H,22,24). The zero-order chi connectivity index (χ0) is 21.8. The Balaban J connectivity index is 2.00. The minimum absolute atomic E-state index is 0.0137. The summed E-state index contributed by atoms with van der Waals surface area (Å²) in [5.74, 6) is -1.35. The third-order valence-corrected chi connectivity index (χ3v) is 6.73. The van der Waals surface area contributed by atoms with Gasteiger partial charge in [0, 0.05) is 35.4 Å². The molecule has 156 valence electrons. The second kappa shape index (κ2) is 9.77. The number of hydrogen-bond acceptors (Lipinski definition) is 5. The Morgan fingerprint density at radius 1 is 1.03 bits per heavy atom. The van der Waals surface area contributed by atoms with Gasteiger partial charge in [-0.05, 0) is 30.3 Å². The SMILES string of the molecule is CN(C)S(=O)(=O)c1cc(NC(=O)COC(=O)Cc2c(Cl)cccc2Cl)ccc1Cl. The van der Waals surface area contributed by atoms with Crippen molar-refractivity contribution in [3.63, 3.8) is 0 Å². The molecule has 0 aliphatic rings. The number of ether oxygens (including phenoxy) is 1. The van der Waals surface area contributed by atoms with Crippen molar-refractivity contribution in [3.05, 3.63) is 57.0 Å². The van der Waals surface area contributed by atoms with Gasteiger partial charge >= 0.3 is 5.97 Å². The Morgan fingerprint density at radius 2 is 1.66 bits per heavy atom. The molecule has 29 heavy (non-hydrogen) atoms. The fourth-order valence-corrected chi connectivity index (χ4v) is 4.14. The highest BCUT2D eigenvalue weighted by Gasteiger charge is 2.21. The van der Waals surface area contributed by atoms with Crippen LogP contribution >= 0.6 is 34.8 Å². The summed E-state index contributed by atoms with van der Waals surface area (Å²) in [6.07, 6.45) is -0.196. The molecule has 0 bridgehead atoms. The molecule has 0 aliphatic heterocycles. The number of halogens is 3. The predicted molar refractivity (Wildman–Crippen MR) is 112 cm³/mol. The highest BCUT2D eigenvalue weighted by atomic mass is 35.5. The molecule has 0 unspecified atom stereocenters. The van der Waals surface area contributed by atoms with Crippen molar-refractivity contribution in [2.75, 3.05) is 26.0 Å². The lowest BCUT2D eigenvalue weighted by molar-refractivity contribution is -0.146. The molecular formula is C18H17Cl3N2O5S. The van der Waals surface area contributed by atoms with E-state index in [1.807, 2.05) is 0 Å². The summed E-state index contributed by atoms with van der Waals surface area (Å²) in [7, 11) is -1.07. The zero-order valence-electron chi connectivity index (χ0n) is 15.4. The number of amides is 1. The van der Waals surface area contributed by atoms with E-state index in [9.17, 15) is 18.0 Å². The number of carbonyl (C=O) groups is 2. The van der Waals surface area contributed by atoms with Crippen LogP contribution in [0.25, 0.3) is 0 Å². The number of nitrogens with zero attached hydrogens (tertiary/aromatic N) is 1. The molecule has 0 saturated heterocycles. The average Bonchev–Trinajstić information content (AvgIpc) is 2.64. The van der Waals surface area contributed by atoms with Crippen molar-refractivity contribution in [1.82, 2.24) is 4.31 Å². The Labute approximate surface area is 183 Å². The van der Waals surface area contributed by atoms with Crippen LogP contribution in [0.3, 0.4) is 0 Å². The summed E-state index contributed by atoms with van der Waals surface area (Å²) in [5.41, 5.74) is 0.586. The first kappa shape index (κ1) is 23.4. The second-order valence-corrected chi connectivity index (χ2v) is 9.36. The number of esters is 1. The molecule has 0 fully saturated rings. The van der Waals surface area contributed by atoms with E-state index >= 15 is 0 Å². The van der Waals surface area contributed by atoms with Crippen LogP contribution < -0.4 is 5.32 Å². The summed E-state index contributed by atoms with van der Waals surface area (Å²) >= 11 is 17.9. The minimum atomic E-state index is -3.79. The van der Waals surface area contributed by atoms with E-state index in [1.165, 1.54) is 32.3 Å². The number of carbonyl (C=O) groups excluding carboxylic acids is 2. The van der Waals surface area contributed by atoms with Gasteiger partial charge in [0.25, 0.3) is 5.91 Å². The molecule has 11 heteroatoms. The number of hydrogen-bond donors (Lipinski definition) is 1. The van der Waals surface area contributed by atoms with E-state index in [1.54, 1.807) is 18.2 Å². The molecule has 0 aromatic heterocycles. The van der Waals surface area contributed by atoms with Gasteiger partial charge in [-0.1, -0.05) is 40.9 Å². The topological polar surface area (TPSA) is 92.8 Å². The van der Waals surface area contributed by atoms with Gasteiger partial charge in [-0.3, -0.25) is 9.59 Å². The van der Waals surface area contributed by atoms with Gasteiger partial charge in [-0.2, -0.15) is 0 Å². The third-order valence-electron chi connectivity index (χ3n) is 3.72. The number of nitrogens with one attached hydrogen (secondary N) is 1. The predicted octanol–water partition coefficient (Wildman–Crippen LogP) is 3.62. The molecule has 2 aromatic rings. The van der Waals surface area contributed by atoms with Gasteiger partial charge in [0.05, 0.1) is 11.4 Å². The van der Waals surface area contributed by atoms with Crippen LogP contribution in [0.4, 0.5) is 5.69 Å². The average molecular weight is 480 g/mol. The highest BCUT2D eigenvalue weighted by molar-refractivity contribution is 7.89. The summed E-state index contributed by atoms with van der Waals surface area (Å²) < 4.78 is 30.5. The summed E-state index contributed by atoms with van der Waals surface area (Å²) in [6, 6.07) is 8.81. The molecule has 0 aliphatic carbocycles. The van der Waals surface area contributed by atoms with Crippen LogP contribution in [-0.2, 0) is 30.8 Å². The summed E-state index contributed by atoms with van der Waals surface area (Å²) in [5, 5.41) is 3.10. The van der Waals surface area contributed by atoms with Gasteiger partial charge in [0.15, 0.2) is 6.61 Å². The molecule has 0 radical (unpaired) electrons. The third kappa shape index (κ3) is 6.07. The fraction of sp³-hybridized carbons (Fsp3) is 0.222. The second-order valence-electron chi connectivity index (χ2n) is 6.02. The van der Waals surface area contributed by atoms with Crippen molar-refractivity contribution in [2.45, 2.75) is 11.3 Å². The lowest BCUT2D eigenvalue weighted by Gasteiger charge is -2.14. The molecule has 7 nitrogen and oxygen atoms in total. The summed E-state index contributed by atoms with van der Waals surface area (Å²) in [6.45, 7) is -0.570. The van der Waals surface area contributed by atoms with Crippen LogP contribution in [0, 0.1) is 0 Å². The first-order valence-electron chi connectivity index (χ1n) is 8.13. The van der Waals surface area contributed by atoms with E-state index < -0.39 is 28.5 Å². The van der Waals surface area contributed by atoms with Crippen LogP contribution in [0.15, 0.2) is 41.3 Å². The molecule has 0 saturated carbocycles. The molecule has 0 atom stereocenters. The summed E-state index contributed by atoms with van der Waals surface area (Å²) in [4.78, 5) is 23.8. The number of benzene rings is 2. The maximum Gasteiger partial charge on any atom is 0.310 e. The first-order valence-corrected chi connectivity index (χ1v) is 10.7. The van der Waals surface area contributed by atoms with Gasteiger partial charge in [-0.25, -0.2) is 12.7 Å². The van der Waals surface area contributed by atoms with E-state index in [-0.39, 0.29) is 22.0 Å². The maximum absolute atomic E-state index is 12.3. The van der Waals surface area contributed by atoms with Crippen molar-refractivity contribution < 1.29 is 22.7 Å². The first-order chi connectivity index (χ1) is 13.5. The molecule has 1 N–H and O–H groups in total. The molecule has 2 aromatic carbocycles. The lowest BCUT2D eigenvalue weighted by atomic mass is 10.1. The molecule has 1 amide bonds. The molecule has 2 rings (SSSR count). The molecular weight excluding hydrogens is 463 g/mol. The van der Waals surface area contributed by atoms with Crippen LogP contribution in [-0.4, -0.2) is 45.3 Å². The Morgan fingerprint density at radius 3 is 2.24 bits per heavy atom. The van der Waals surface area contributed by atoms with Crippen molar-refractivity contribution in [3.8, 4) is 0 Å². The Kier molecular flexibility index (Phi) is 7.90. The van der Waals surface area contributed by atoms with E-state index in [0.717, 1.165) is 4.31 Å². The van der Waals surface area contributed by atoms with Crippen molar-refractivity contribution in [2.24, 2.45) is 0 Å². The Bertz CT molecular complexity index is 1020. The smallest absolute Gasteiger partial charge is 0.310 e. The van der Waals surface area contributed by atoms with E-state index in [4.69, 9.17) is 39.5 Å². The van der Waals surface area contributed by atoms with Gasteiger partial charge in [0.2, 0.25) is 10.0 Å². The normalized spacial score (nSPS) is 11.4. The Hall–Kier alpha value is -1.84. The minimum Gasteiger partial charge on any atom is -0.455 e.